The molecule has 0 bridgehead atoms. The molecule has 2 amide bonds. The number of rotatable bonds is 9. The van der Waals surface area contributed by atoms with E-state index >= 15 is 0 Å². The molecular weight excluding hydrogens is 526 g/mol. The lowest BCUT2D eigenvalue weighted by atomic mass is 9.78. The van der Waals surface area contributed by atoms with Crippen LogP contribution in [-0.4, -0.2) is 64.0 Å². The van der Waals surface area contributed by atoms with Crippen LogP contribution < -0.4 is 10.1 Å². The number of hydrogen-bond donors (Lipinski definition) is 2. The first-order chi connectivity index (χ1) is 19.4. The van der Waals surface area contributed by atoms with E-state index in [4.69, 9.17) is 16.3 Å². The first-order valence-electron chi connectivity index (χ1n) is 14.9. The first-order valence-corrected chi connectivity index (χ1v) is 15.3. The van der Waals surface area contributed by atoms with Gasteiger partial charge in [-0.05, 0) is 80.0 Å². The number of nitrogens with zero attached hydrogens (tertiary/aromatic N) is 2. The number of unbranched alkanes of at least 4 members (excludes halogenated alkanes) is 1. The summed E-state index contributed by atoms with van der Waals surface area (Å²) in [5.74, 6) is 1.38. The lowest BCUT2D eigenvalue weighted by Gasteiger charge is -2.52. The number of piperidine rings is 1. The Morgan fingerprint density at radius 3 is 2.25 bits per heavy atom. The van der Waals surface area contributed by atoms with Crippen molar-refractivity contribution >= 4 is 23.4 Å². The zero-order valence-corrected chi connectivity index (χ0v) is 24.2. The Labute approximate surface area is 242 Å². The minimum atomic E-state index is -0.832. The molecule has 0 aromatic heterocycles. The van der Waals surface area contributed by atoms with E-state index in [-0.39, 0.29) is 17.7 Å². The summed E-state index contributed by atoms with van der Waals surface area (Å²) >= 11 is 5.96. The highest BCUT2D eigenvalue weighted by atomic mass is 35.5. The number of carbonyl (C=O) groups is 2. The minimum Gasteiger partial charge on any atom is -0.457 e. The molecule has 2 aliphatic heterocycles. The van der Waals surface area contributed by atoms with Crippen LogP contribution >= 0.6 is 11.6 Å². The fourth-order valence-corrected chi connectivity index (χ4v) is 6.72. The maximum absolute atomic E-state index is 13.8. The van der Waals surface area contributed by atoms with Crippen LogP contribution in [0.25, 0.3) is 0 Å². The molecule has 2 saturated heterocycles. The van der Waals surface area contributed by atoms with Crippen LogP contribution in [0.15, 0.2) is 48.5 Å². The number of aliphatic hydroxyl groups is 1. The number of halogens is 1. The summed E-state index contributed by atoms with van der Waals surface area (Å²) in [7, 11) is 0. The van der Waals surface area contributed by atoms with Gasteiger partial charge in [0.25, 0.3) is 0 Å². The molecule has 7 nitrogen and oxygen atoms in total. The van der Waals surface area contributed by atoms with E-state index in [1.807, 2.05) is 29.2 Å². The van der Waals surface area contributed by atoms with Crippen molar-refractivity contribution in [2.24, 2.45) is 5.92 Å². The Morgan fingerprint density at radius 1 is 1.00 bits per heavy atom. The second kappa shape index (κ2) is 12.9. The van der Waals surface area contributed by atoms with Crippen molar-refractivity contribution in [1.29, 1.82) is 0 Å². The maximum Gasteiger partial charge on any atom is 0.248 e. The van der Waals surface area contributed by atoms with Crippen molar-refractivity contribution in [3.05, 3.63) is 59.1 Å². The second-order valence-corrected chi connectivity index (χ2v) is 12.1. The van der Waals surface area contributed by atoms with Gasteiger partial charge in [-0.15, -0.1) is 0 Å². The predicted octanol–water partition coefficient (Wildman–Crippen LogP) is 5.54. The van der Waals surface area contributed by atoms with Crippen LogP contribution in [0, 0.1) is 5.92 Å². The minimum absolute atomic E-state index is 0.0786. The molecule has 2 N–H and O–H groups in total. The van der Waals surface area contributed by atoms with Gasteiger partial charge >= 0.3 is 0 Å². The number of benzene rings is 2. The third-order valence-electron chi connectivity index (χ3n) is 9.03. The fraction of sp³-hybridized carbons (Fsp3) is 0.562. The van der Waals surface area contributed by atoms with Gasteiger partial charge in [-0.25, -0.2) is 0 Å². The molecule has 2 unspecified atom stereocenters. The SMILES string of the molecule is CCCCN1C(=O)C(C(O)C2CCCCC2)NC(=O)C12CCN(Cc1ccc(Oc3ccc(Cl)cc3)cc1)CC2. The summed E-state index contributed by atoms with van der Waals surface area (Å²) in [6, 6.07) is 14.5. The van der Waals surface area contributed by atoms with Crippen LogP contribution in [0.1, 0.15) is 70.3 Å². The Bertz CT molecular complexity index is 1140. The topological polar surface area (TPSA) is 82.1 Å². The molecule has 1 aliphatic carbocycles. The monoisotopic (exact) mass is 567 g/mol. The van der Waals surface area contributed by atoms with E-state index in [1.165, 1.54) is 12.0 Å². The Balaban J connectivity index is 1.21. The van der Waals surface area contributed by atoms with Gasteiger partial charge in [0.2, 0.25) is 11.8 Å². The first kappa shape index (κ1) is 28.9. The predicted molar refractivity (Wildman–Crippen MR) is 156 cm³/mol. The number of piperazine rings is 1. The third kappa shape index (κ3) is 6.32. The van der Waals surface area contributed by atoms with Gasteiger partial charge in [0.1, 0.15) is 23.1 Å². The van der Waals surface area contributed by atoms with E-state index in [0.717, 1.165) is 69.7 Å². The Kier molecular flexibility index (Phi) is 9.34. The molecule has 0 radical (unpaired) electrons. The zero-order valence-electron chi connectivity index (χ0n) is 23.5. The van der Waals surface area contributed by atoms with Crippen molar-refractivity contribution in [3.8, 4) is 11.5 Å². The number of ether oxygens (including phenoxy) is 1. The normalized spacial score (nSPS) is 22.8. The highest BCUT2D eigenvalue weighted by Crippen LogP contribution is 2.36. The van der Waals surface area contributed by atoms with Gasteiger partial charge in [-0.3, -0.25) is 14.5 Å². The Morgan fingerprint density at radius 2 is 1.62 bits per heavy atom. The van der Waals surface area contributed by atoms with E-state index in [1.54, 1.807) is 12.1 Å². The molecule has 2 aromatic carbocycles. The molecular formula is C32H42ClN3O4. The van der Waals surface area contributed by atoms with E-state index in [9.17, 15) is 14.7 Å². The molecule has 40 heavy (non-hydrogen) atoms. The highest BCUT2D eigenvalue weighted by Gasteiger charge is 2.55. The van der Waals surface area contributed by atoms with Crippen molar-refractivity contribution in [3.63, 3.8) is 0 Å². The molecule has 2 atom stereocenters. The molecule has 2 aromatic rings. The molecule has 8 heteroatoms. The number of carbonyl (C=O) groups excluding carboxylic acids is 2. The standard InChI is InChI=1S/C32H42ClN3O4/c1-2-3-19-36-30(38)28(29(37)24-7-5-4-6-8-24)34-31(39)32(36)17-20-35(21-18-32)22-23-9-13-26(14-10-23)40-27-15-11-25(33)12-16-27/h9-16,24,28-29,37H,2-8,17-22H2,1H3,(H,34,39). The summed E-state index contributed by atoms with van der Waals surface area (Å²) in [4.78, 5) is 31.7. The summed E-state index contributed by atoms with van der Waals surface area (Å²) in [5.41, 5.74) is 0.337. The number of amides is 2. The molecule has 1 saturated carbocycles. The average Bonchev–Trinajstić information content (AvgIpc) is 2.98. The van der Waals surface area contributed by atoms with Crippen LogP contribution in [0.5, 0.6) is 11.5 Å². The summed E-state index contributed by atoms with van der Waals surface area (Å²) in [5, 5.41) is 14.8. The Hall–Kier alpha value is -2.61. The quantitative estimate of drug-likeness (QED) is 0.416. The average molecular weight is 568 g/mol. The van der Waals surface area contributed by atoms with Crippen LogP contribution in [0.4, 0.5) is 0 Å². The van der Waals surface area contributed by atoms with Gasteiger partial charge in [0.15, 0.2) is 0 Å². The summed E-state index contributed by atoms with van der Waals surface area (Å²) < 4.78 is 5.91. The molecule has 3 aliphatic rings. The van der Waals surface area contributed by atoms with Gasteiger partial charge in [-0.1, -0.05) is 56.3 Å². The van der Waals surface area contributed by atoms with E-state index < -0.39 is 17.7 Å². The van der Waals surface area contributed by atoms with E-state index in [0.29, 0.717) is 24.4 Å². The third-order valence-corrected chi connectivity index (χ3v) is 9.28. The fourth-order valence-electron chi connectivity index (χ4n) is 6.60. The largest absolute Gasteiger partial charge is 0.457 e. The van der Waals surface area contributed by atoms with Crippen LogP contribution in [0.2, 0.25) is 5.02 Å². The molecule has 216 valence electrons. The maximum atomic E-state index is 13.8. The number of hydrogen-bond acceptors (Lipinski definition) is 5. The van der Waals surface area contributed by atoms with E-state index in [2.05, 4.69) is 29.3 Å². The number of aliphatic hydroxyl groups excluding tert-OH is 1. The van der Waals surface area contributed by atoms with Gasteiger partial charge in [-0.2, -0.15) is 0 Å². The summed E-state index contributed by atoms with van der Waals surface area (Å²) in [6.07, 6.45) is 7.34. The molecule has 1 spiro atoms. The van der Waals surface area contributed by atoms with Crippen molar-refractivity contribution in [2.75, 3.05) is 19.6 Å². The van der Waals surface area contributed by atoms with Crippen LogP contribution in [-0.2, 0) is 16.1 Å². The summed E-state index contributed by atoms with van der Waals surface area (Å²) in [6.45, 7) is 4.88. The highest BCUT2D eigenvalue weighted by molar-refractivity contribution is 6.30. The lowest BCUT2D eigenvalue weighted by Crippen LogP contribution is -2.75. The number of nitrogens with one attached hydrogen (secondary N) is 1. The molecule has 5 rings (SSSR count). The number of likely N-dealkylation sites (tertiary alicyclic amines) is 1. The van der Waals surface area contributed by atoms with Crippen molar-refractivity contribution in [1.82, 2.24) is 15.1 Å². The zero-order chi connectivity index (χ0) is 28.1. The lowest BCUT2D eigenvalue weighted by molar-refractivity contribution is -0.166. The van der Waals surface area contributed by atoms with Crippen molar-refractivity contribution < 1.29 is 19.4 Å². The van der Waals surface area contributed by atoms with Gasteiger partial charge < -0.3 is 20.1 Å². The van der Waals surface area contributed by atoms with Gasteiger partial charge in [0.05, 0.1) is 6.10 Å². The molecule has 2 heterocycles. The molecule has 3 fully saturated rings. The smallest absolute Gasteiger partial charge is 0.248 e. The van der Waals surface area contributed by atoms with Crippen molar-refractivity contribution in [2.45, 2.75) is 88.9 Å². The second-order valence-electron chi connectivity index (χ2n) is 11.7. The van der Waals surface area contributed by atoms with Gasteiger partial charge in [0, 0.05) is 31.2 Å². The van der Waals surface area contributed by atoms with Crippen LogP contribution in [0.3, 0.4) is 0 Å².